The van der Waals surface area contributed by atoms with E-state index in [1.54, 1.807) is 19.2 Å². The predicted octanol–water partition coefficient (Wildman–Crippen LogP) is 4.26. The fourth-order valence-corrected chi connectivity index (χ4v) is 5.31. The second-order valence-corrected chi connectivity index (χ2v) is 10.7. The van der Waals surface area contributed by atoms with E-state index in [4.69, 9.17) is 25.8 Å². The van der Waals surface area contributed by atoms with Crippen LogP contribution in [0.2, 0.25) is 5.02 Å². The number of halogens is 1. The van der Waals surface area contributed by atoms with Crippen LogP contribution in [0, 0.1) is 0 Å². The number of carbonyl (C=O) groups excluding carboxylic acids is 1. The molecule has 3 aromatic carbocycles. The summed E-state index contributed by atoms with van der Waals surface area (Å²) in [5.41, 5.74) is 1.71. The van der Waals surface area contributed by atoms with Crippen LogP contribution in [-0.2, 0) is 27.8 Å². The van der Waals surface area contributed by atoms with Crippen molar-refractivity contribution in [1.82, 2.24) is 9.21 Å². The molecule has 10 heteroatoms. The van der Waals surface area contributed by atoms with Crippen LogP contribution in [0.4, 0.5) is 0 Å². The Labute approximate surface area is 223 Å². The summed E-state index contributed by atoms with van der Waals surface area (Å²) in [4.78, 5) is 14.8. The lowest BCUT2D eigenvalue weighted by molar-refractivity contribution is -0.130. The lowest BCUT2D eigenvalue weighted by Crippen LogP contribution is -2.42. The number of likely N-dealkylation sites (N-methyl/N-ethyl adjacent to an activating group) is 1. The summed E-state index contributed by atoms with van der Waals surface area (Å²) in [6.45, 7) is 0.0283. The third-order valence-corrected chi connectivity index (χ3v) is 7.94. The highest BCUT2D eigenvalue weighted by molar-refractivity contribution is 7.89. The number of methoxy groups -OCH3 is 3. The fraction of sp³-hybridized carbons (Fsp3) is 0.296. The van der Waals surface area contributed by atoms with Crippen LogP contribution in [0.3, 0.4) is 0 Å². The minimum Gasteiger partial charge on any atom is -0.493 e. The van der Waals surface area contributed by atoms with Gasteiger partial charge in [0.1, 0.15) is 0 Å². The van der Waals surface area contributed by atoms with E-state index in [1.165, 1.54) is 54.8 Å². The number of hydrogen-bond donors (Lipinski definition) is 0. The van der Waals surface area contributed by atoms with Gasteiger partial charge in [-0.05, 0) is 53.9 Å². The molecular weight excluding hydrogens is 516 g/mol. The topological polar surface area (TPSA) is 85.4 Å². The van der Waals surface area contributed by atoms with Crippen molar-refractivity contribution >= 4 is 27.5 Å². The molecule has 3 aromatic rings. The minimum atomic E-state index is -3.95. The van der Waals surface area contributed by atoms with Gasteiger partial charge in [-0.3, -0.25) is 4.79 Å². The van der Waals surface area contributed by atoms with E-state index in [0.29, 0.717) is 28.7 Å². The first-order chi connectivity index (χ1) is 17.7. The van der Waals surface area contributed by atoms with Crippen molar-refractivity contribution in [2.75, 3.05) is 41.5 Å². The maximum atomic E-state index is 13.5. The van der Waals surface area contributed by atoms with Gasteiger partial charge in [-0.15, -0.1) is 0 Å². The molecule has 0 fully saturated rings. The van der Waals surface area contributed by atoms with Crippen LogP contribution in [0.5, 0.6) is 17.2 Å². The average molecular weight is 547 g/mol. The van der Waals surface area contributed by atoms with Gasteiger partial charge in [-0.1, -0.05) is 41.9 Å². The third-order valence-electron chi connectivity index (χ3n) is 5.83. The Balaban J connectivity index is 1.82. The molecule has 0 unspecified atom stereocenters. The number of nitrogens with zero attached hydrogens (tertiary/aromatic N) is 2. The molecular formula is C27H31ClN2O6S. The SMILES string of the molecule is COc1cc(CN(C)C(=O)CN(CCc2ccccc2)S(=O)(=O)c2ccc(Cl)cc2)cc(OC)c1OC. The maximum absolute atomic E-state index is 13.5. The highest BCUT2D eigenvalue weighted by atomic mass is 35.5. The minimum absolute atomic E-state index is 0.0741. The van der Waals surface area contributed by atoms with Crippen LogP contribution >= 0.6 is 11.6 Å². The molecule has 0 radical (unpaired) electrons. The van der Waals surface area contributed by atoms with Gasteiger partial charge in [0.25, 0.3) is 0 Å². The van der Waals surface area contributed by atoms with E-state index in [2.05, 4.69) is 0 Å². The van der Waals surface area contributed by atoms with E-state index in [-0.39, 0.29) is 30.4 Å². The van der Waals surface area contributed by atoms with Gasteiger partial charge < -0.3 is 19.1 Å². The van der Waals surface area contributed by atoms with Crippen LogP contribution in [0.1, 0.15) is 11.1 Å². The van der Waals surface area contributed by atoms with Crippen LogP contribution < -0.4 is 14.2 Å². The van der Waals surface area contributed by atoms with Crippen molar-refractivity contribution in [3.05, 3.63) is 82.9 Å². The standard InChI is InChI=1S/C27H31ClN2O6S/c1-29(18-21-16-24(34-2)27(36-4)25(17-21)35-3)26(31)19-30(15-14-20-8-6-5-7-9-20)37(32,33)23-12-10-22(28)11-13-23/h5-13,16-17H,14-15,18-19H2,1-4H3. The van der Waals surface area contributed by atoms with Gasteiger partial charge in [-0.2, -0.15) is 4.31 Å². The summed E-state index contributed by atoms with van der Waals surface area (Å²) in [6, 6.07) is 18.9. The van der Waals surface area contributed by atoms with Gasteiger partial charge in [-0.25, -0.2) is 8.42 Å². The molecule has 0 spiro atoms. The summed E-state index contributed by atoms with van der Waals surface area (Å²) >= 11 is 5.95. The maximum Gasteiger partial charge on any atom is 0.243 e. The number of benzene rings is 3. The van der Waals surface area contributed by atoms with E-state index in [0.717, 1.165) is 11.1 Å². The molecule has 0 N–H and O–H groups in total. The molecule has 0 aliphatic rings. The van der Waals surface area contributed by atoms with Crippen molar-refractivity contribution in [3.63, 3.8) is 0 Å². The van der Waals surface area contributed by atoms with E-state index in [9.17, 15) is 13.2 Å². The highest BCUT2D eigenvalue weighted by Crippen LogP contribution is 2.38. The molecule has 0 heterocycles. The molecule has 8 nitrogen and oxygen atoms in total. The molecule has 3 rings (SSSR count). The van der Waals surface area contributed by atoms with Crippen molar-refractivity contribution in [2.45, 2.75) is 17.9 Å². The molecule has 1 amide bonds. The fourth-order valence-electron chi connectivity index (χ4n) is 3.80. The van der Waals surface area contributed by atoms with E-state index >= 15 is 0 Å². The average Bonchev–Trinajstić information content (AvgIpc) is 2.90. The normalized spacial score (nSPS) is 11.3. The summed E-state index contributed by atoms with van der Waals surface area (Å²) in [5, 5.41) is 0.427. The molecule has 0 atom stereocenters. The van der Waals surface area contributed by atoms with Crippen molar-refractivity contribution in [3.8, 4) is 17.2 Å². The van der Waals surface area contributed by atoms with Crippen molar-refractivity contribution < 1.29 is 27.4 Å². The number of rotatable bonds is 12. The zero-order valence-corrected chi connectivity index (χ0v) is 22.9. The molecule has 198 valence electrons. The summed E-state index contributed by atoms with van der Waals surface area (Å²) in [7, 11) is 2.22. The third kappa shape index (κ3) is 7.15. The van der Waals surface area contributed by atoms with Gasteiger partial charge in [0.2, 0.25) is 21.7 Å². The highest BCUT2D eigenvalue weighted by Gasteiger charge is 2.28. The van der Waals surface area contributed by atoms with Gasteiger partial charge in [0.05, 0.1) is 32.8 Å². The second-order valence-electron chi connectivity index (χ2n) is 8.31. The summed E-state index contributed by atoms with van der Waals surface area (Å²) < 4.78 is 44.3. The zero-order chi connectivity index (χ0) is 27.0. The molecule has 0 saturated heterocycles. The Bertz CT molecular complexity index is 1280. The molecule has 37 heavy (non-hydrogen) atoms. The second kappa shape index (κ2) is 12.8. The summed E-state index contributed by atoms with van der Waals surface area (Å²) in [5.74, 6) is 1.02. The molecule has 0 aliphatic heterocycles. The monoisotopic (exact) mass is 546 g/mol. The molecule has 0 bridgehead atoms. The van der Waals surface area contributed by atoms with Crippen LogP contribution in [0.25, 0.3) is 0 Å². The number of hydrogen-bond acceptors (Lipinski definition) is 6. The Morgan fingerprint density at radius 2 is 1.46 bits per heavy atom. The molecule has 0 aliphatic carbocycles. The number of amides is 1. The molecule has 0 saturated carbocycles. The smallest absolute Gasteiger partial charge is 0.243 e. The lowest BCUT2D eigenvalue weighted by Gasteiger charge is -2.25. The molecule has 0 aromatic heterocycles. The van der Waals surface area contributed by atoms with Crippen LogP contribution in [0.15, 0.2) is 71.6 Å². The quantitative estimate of drug-likeness (QED) is 0.337. The lowest BCUT2D eigenvalue weighted by atomic mass is 10.1. The number of sulfonamides is 1. The van der Waals surface area contributed by atoms with Gasteiger partial charge in [0.15, 0.2) is 11.5 Å². The van der Waals surface area contributed by atoms with Gasteiger partial charge in [0, 0.05) is 25.2 Å². The first kappa shape index (κ1) is 28.3. The number of ether oxygens (including phenoxy) is 3. The largest absolute Gasteiger partial charge is 0.493 e. The van der Waals surface area contributed by atoms with E-state index < -0.39 is 10.0 Å². The Hall–Kier alpha value is -3.27. The zero-order valence-electron chi connectivity index (χ0n) is 21.3. The Kier molecular flexibility index (Phi) is 9.79. The predicted molar refractivity (Wildman–Crippen MR) is 143 cm³/mol. The Morgan fingerprint density at radius 1 is 0.865 bits per heavy atom. The summed E-state index contributed by atoms with van der Waals surface area (Å²) in [6.07, 6.45) is 0.456. The number of carbonyl (C=O) groups is 1. The Morgan fingerprint density at radius 3 is 2.00 bits per heavy atom. The first-order valence-electron chi connectivity index (χ1n) is 11.5. The van der Waals surface area contributed by atoms with Crippen molar-refractivity contribution in [1.29, 1.82) is 0 Å². The van der Waals surface area contributed by atoms with Gasteiger partial charge >= 0.3 is 0 Å². The van der Waals surface area contributed by atoms with E-state index in [1.807, 2.05) is 30.3 Å². The van der Waals surface area contributed by atoms with Crippen LogP contribution in [-0.4, -0.2) is 65.0 Å². The van der Waals surface area contributed by atoms with Crippen molar-refractivity contribution in [2.24, 2.45) is 0 Å². The first-order valence-corrected chi connectivity index (χ1v) is 13.3.